The summed E-state index contributed by atoms with van der Waals surface area (Å²) in [7, 11) is 0. The number of nitrogens with two attached hydrogens (primary N) is 1. The minimum absolute atomic E-state index is 0.199. The van der Waals surface area contributed by atoms with Crippen LogP contribution in [-0.4, -0.2) is 14.5 Å². The minimum Gasteiger partial charge on any atom is -0.328 e. The van der Waals surface area contributed by atoms with E-state index in [0.717, 1.165) is 28.1 Å². The highest BCUT2D eigenvalue weighted by Gasteiger charge is 2.13. The van der Waals surface area contributed by atoms with Crippen LogP contribution in [0.25, 0.3) is 11.3 Å². The maximum Gasteiger partial charge on any atom is 0.0951 e. The lowest BCUT2D eigenvalue weighted by atomic mass is 10.1. The van der Waals surface area contributed by atoms with Crippen LogP contribution in [0.4, 0.5) is 0 Å². The number of nitrogens with zero attached hydrogens (tertiary/aromatic N) is 3. The zero-order chi connectivity index (χ0) is 17.8. The van der Waals surface area contributed by atoms with E-state index >= 15 is 0 Å². The first kappa shape index (κ1) is 16.2. The molecule has 0 aliphatic carbocycles. The van der Waals surface area contributed by atoms with Crippen molar-refractivity contribution >= 4 is 0 Å². The average molecular weight is 340 g/mol. The van der Waals surface area contributed by atoms with Crippen molar-refractivity contribution in [3.63, 3.8) is 0 Å². The third-order valence-corrected chi connectivity index (χ3v) is 4.47. The molecule has 0 bridgehead atoms. The Morgan fingerprint density at radius 1 is 0.846 bits per heavy atom. The number of aromatic nitrogens is 3. The van der Waals surface area contributed by atoms with E-state index < -0.39 is 0 Å². The van der Waals surface area contributed by atoms with Gasteiger partial charge in [-0.25, -0.2) is 4.98 Å². The molecule has 128 valence electrons. The van der Waals surface area contributed by atoms with E-state index in [9.17, 15) is 0 Å². The Morgan fingerprint density at radius 3 is 2.27 bits per heavy atom. The SMILES string of the molecule is NC(c1ccccc1)c1cncn1Cc1ccc(-c2ccccc2)nc1. The third kappa shape index (κ3) is 3.41. The molecule has 4 nitrogen and oxygen atoms in total. The van der Waals surface area contributed by atoms with Crippen LogP contribution in [0.2, 0.25) is 0 Å². The van der Waals surface area contributed by atoms with Crippen LogP contribution in [0.5, 0.6) is 0 Å². The molecule has 1 unspecified atom stereocenters. The van der Waals surface area contributed by atoms with Crippen LogP contribution in [0.1, 0.15) is 22.9 Å². The molecule has 0 radical (unpaired) electrons. The van der Waals surface area contributed by atoms with Gasteiger partial charge in [0.15, 0.2) is 0 Å². The van der Waals surface area contributed by atoms with Gasteiger partial charge in [-0.3, -0.25) is 4.98 Å². The van der Waals surface area contributed by atoms with E-state index in [4.69, 9.17) is 5.73 Å². The molecule has 2 aromatic heterocycles. The molecule has 26 heavy (non-hydrogen) atoms. The third-order valence-electron chi connectivity index (χ3n) is 4.47. The number of imidazole rings is 1. The Kier molecular flexibility index (Phi) is 4.58. The molecule has 4 aromatic rings. The Morgan fingerprint density at radius 2 is 1.58 bits per heavy atom. The lowest BCUT2D eigenvalue weighted by Gasteiger charge is -2.15. The van der Waals surface area contributed by atoms with Crippen LogP contribution in [0, 0.1) is 0 Å². The van der Waals surface area contributed by atoms with Gasteiger partial charge >= 0.3 is 0 Å². The van der Waals surface area contributed by atoms with Crippen molar-refractivity contribution in [1.82, 2.24) is 14.5 Å². The van der Waals surface area contributed by atoms with Gasteiger partial charge in [0.05, 0.1) is 36.5 Å². The molecule has 2 aromatic carbocycles. The molecule has 0 aliphatic heterocycles. The van der Waals surface area contributed by atoms with Crippen LogP contribution < -0.4 is 5.73 Å². The molecule has 0 amide bonds. The van der Waals surface area contributed by atoms with Gasteiger partial charge in [0.2, 0.25) is 0 Å². The maximum atomic E-state index is 6.44. The molecule has 4 heteroatoms. The van der Waals surface area contributed by atoms with Gasteiger partial charge in [0.1, 0.15) is 0 Å². The summed E-state index contributed by atoms with van der Waals surface area (Å²) in [6.45, 7) is 0.692. The highest BCUT2D eigenvalue weighted by atomic mass is 15.1. The standard InChI is InChI=1S/C22H20N4/c23-22(19-9-5-2-6-10-19)21-14-24-16-26(21)15-17-11-12-20(25-13-17)18-7-3-1-4-8-18/h1-14,16,22H,15,23H2. The summed E-state index contributed by atoms with van der Waals surface area (Å²) in [6, 6.07) is 24.2. The minimum atomic E-state index is -0.199. The van der Waals surface area contributed by atoms with Gasteiger partial charge < -0.3 is 10.3 Å². The molecule has 2 N–H and O–H groups in total. The summed E-state index contributed by atoms with van der Waals surface area (Å²) in [5.41, 5.74) is 11.7. The Hall–Kier alpha value is -3.24. The van der Waals surface area contributed by atoms with E-state index in [2.05, 4.69) is 38.8 Å². The Balaban J connectivity index is 1.54. The van der Waals surface area contributed by atoms with E-state index in [1.54, 1.807) is 0 Å². The zero-order valence-corrected chi connectivity index (χ0v) is 14.4. The Bertz CT molecular complexity index is 960. The highest BCUT2D eigenvalue weighted by Crippen LogP contribution is 2.21. The summed E-state index contributed by atoms with van der Waals surface area (Å²) in [5, 5.41) is 0. The number of hydrogen-bond acceptors (Lipinski definition) is 3. The van der Waals surface area contributed by atoms with Crippen LogP contribution in [0.3, 0.4) is 0 Å². The normalized spacial score (nSPS) is 12.0. The zero-order valence-electron chi connectivity index (χ0n) is 14.4. The van der Waals surface area contributed by atoms with Crippen molar-refractivity contribution in [3.05, 3.63) is 108 Å². The first-order chi connectivity index (χ1) is 12.8. The number of rotatable bonds is 5. The van der Waals surface area contributed by atoms with Gasteiger partial charge in [-0.15, -0.1) is 0 Å². The summed E-state index contributed by atoms with van der Waals surface area (Å²) >= 11 is 0. The van der Waals surface area contributed by atoms with Gasteiger partial charge in [-0.1, -0.05) is 66.7 Å². The van der Waals surface area contributed by atoms with Crippen LogP contribution >= 0.6 is 0 Å². The largest absolute Gasteiger partial charge is 0.328 e. The Labute approximate surface area is 153 Å². The van der Waals surface area contributed by atoms with Gasteiger partial charge in [0, 0.05) is 11.8 Å². The average Bonchev–Trinajstić information content (AvgIpc) is 3.17. The second kappa shape index (κ2) is 7.33. The molecule has 2 heterocycles. The number of hydrogen-bond donors (Lipinski definition) is 1. The first-order valence-electron chi connectivity index (χ1n) is 8.62. The fourth-order valence-corrected chi connectivity index (χ4v) is 3.05. The topological polar surface area (TPSA) is 56.7 Å². The molecule has 4 rings (SSSR count). The molecule has 0 spiro atoms. The lowest BCUT2D eigenvalue weighted by Crippen LogP contribution is -2.17. The predicted molar refractivity (Wildman–Crippen MR) is 103 cm³/mol. The first-order valence-corrected chi connectivity index (χ1v) is 8.62. The number of benzene rings is 2. The van der Waals surface area contributed by atoms with Crippen molar-refractivity contribution < 1.29 is 0 Å². The van der Waals surface area contributed by atoms with Crippen molar-refractivity contribution in [2.45, 2.75) is 12.6 Å². The van der Waals surface area contributed by atoms with E-state index in [-0.39, 0.29) is 6.04 Å². The highest BCUT2D eigenvalue weighted by molar-refractivity contribution is 5.58. The van der Waals surface area contributed by atoms with Crippen molar-refractivity contribution in [2.75, 3.05) is 0 Å². The number of pyridine rings is 1. The van der Waals surface area contributed by atoms with Crippen molar-refractivity contribution in [2.24, 2.45) is 5.73 Å². The van der Waals surface area contributed by atoms with Crippen molar-refractivity contribution in [1.29, 1.82) is 0 Å². The molecule has 1 atom stereocenters. The molecule has 0 saturated carbocycles. The molecular weight excluding hydrogens is 320 g/mol. The fourth-order valence-electron chi connectivity index (χ4n) is 3.05. The molecule has 0 fully saturated rings. The quantitative estimate of drug-likeness (QED) is 0.596. The monoisotopic (exact) mass is 340 g/mol. The fraction of sp³-hybridized carbons (Fsp3) is 0.0909. The summed E-state index contributed by atoms with van der Waals surface area (Å²) in [5.74, 6) is 0. The molecular formula is C22H20N4. The summed E-state index contributed by atoms with van der Waals surface area (Å²) in [6.07, 6.45) is 5.58. The second-order valence-electron chi connectivity index (χ2n) is 6.25. The molecule has 0 saturated heterocycles. The van der Waals surface area contributed by atoms with Gasteiger partial charge in [-0.2, -0.15) is 0 Å². The van der Waals surface area contributed by atoms with E-state index in [0.29, 0.717) is 6.54 Å². The second-order valence-corrected chi connectivity index (χ2v) is 6.25. The lowest BCUT2D eigenvalue weighted by molar-refractivity contribution is 0.694. The predicted octanol–water partition coefficient (Wildman–Crippen LogP) is 4.04. The summed E-state index contributed by atoms with van der Waals surface area (Å²) < 4.78 is 2.08. The summed E-state index contributed by atoms with van der Waals surface area (Å²) in [4.78, 5) is 8.89. The maximum absolute atomic E-state index is 6.44. The van der Waals surface area contributed by atoms with Crippen LogP contribution in [-0.2, 0) is 6.54 Å². The van der Waals surface area contributed by atoms with Crippen LogP contribution in [0.15, 0.2) is 91.5 Å². The van der Waals surface area contributed by atoms with Gasteiger partial charge in [-0.05, 0) is 17.2 Å². The molecule has 0 aliphatic rings. The van der Waals surface area contributed by atoms with E-state index in [1.165, 1.54) is 0 Å². The van der Waals surface area contributed by atoms with Crippen molar-refractivity contribution in [3.8, 4) is 11.3 Å². The van der Waals surface area contributed by atoms with Gasteiger partial charge in [0.25, 0.3) is 0 Å². The smallest absolute Gasteiger partial charge is 0.0951 e. The van der Waals surface area contributed by atoms with E-state index in [1.807, 2.05) is 67.3 Å².